The number of nitrogens with zero attached hydrogens (tertiary/aromatic N) is 2. The fourth-order valence-electron chi connectivity index (χ4n) is 9.44. The minimum atomic E-state index is -3.48. The van der Waals surface area contributed by atoms with E-state index < -0.39 is 7.29 Å². The molecule has 2 aromatic heterocycles. The first-order valence-corrected chi connectivity index (χ1v) is 22.0. The number of para-hydroxylation sites is 2. The molecule has 258 valence electrons. The molecule has 3 nitrogen and oxygen atoms in total. The van der Waals surface area contributed by atoms with Crippen molar-refractivity contribution in [2.24, 2.45) is 0 Å². The van der Waals surface area contributed by atoms with Gasteiger partial charge in [-0.05, 0) is 59.7 Å². The lowest BCUT2D eigenvalue weighted by Gasteiger charge is -2.24. The van der Waals surface area contributed by atoms with Crippen LogP contribution in [0.3, 0.4) is 0 Å². The number of rotatable bonds is 4. The Bertz CT molecular complexity index is 3060. The van der Waals surface area contributed by atoms with Crippen molar-refractivity contribution in [3.05, 3.63) is 187 Å². The maximum atomic E-state index is 16.6. The molecular formula is C48H33N2OPS2. The van der Waals surface area contributed by atoms with Crippen LogP contribution in [0.15, 0.2) is 186 Å². The average molecular weight is 749 g/mol. The second-order valence-electron chi connectivity index (χ2n) is 14.6. The molecule has 0 spiro atoms. The molecule has 5 atom stereocenters. The number of hydrogen-bond donors (Lipinski definition) is 0. The van der Waals surface area contributed by atoms with Crippen molar-refractivity contribution in [3.8, 4) is 5.69 Å². The first-order valence-electron chi connectivity index (χ1n) is 18.6. The van der Waals surface area contributed by atoms with Crippen LogP contribution in [0.2, 0.25) is 0 Å². The summed E-state index contributed by atoms with van der Waals surface area (Å²) in [6, 6.07) is 45.3. The van der Waals surface area contributed by atoms with E-state index in [4.69, 9.17) is 0 Å². The van der Waals surface area contributed by atoms with E-state index >= 15 is 4.57 Å². The first kappa shape index (κ1) is 31.2. The summed E-state index contributed by atoms with van der Waals surface area (Å²) in [5, 5.41) is 7.18. The highest BCUT2D eigenvalue weighted by Crippen LogP contribution is 2.58. The third-order valence-corrected chi connectivity index (χ3v) is 17.6. The van der Waals surface area contributed by atoms with Gasteiger partial charge >= 0.3 is 0 Å². The molecule has 0 N–H and O–H groups in total. The summed E-state index contributed by atoms with van der Waals surface area (Å²) >= 11 is 3.89. The Balaban J connectivity index is 1.10. The SMILES string of the molecule is O=P(c1ccccc1)(c1ccc(-n2c3ccccc3c3ccc4c(c32)SC2C=CC=CC42)cc1)n1c2ccccc2c2ccc3c(c21)SC1C=CC=CC31. The monoisotopic (exact) mass is 748 g/mol. The van der Waals surface area contributed by atoms with Gasteiger partial charge in [-0.3, -0.25) is 8.90 Å². The van der Waals surface area contributed by atoms with Crippen molar-refractivity contribution in [2.75, 3.05) is 0 Å². The van der Waals surface area contributed by atoms with Gasteiger partial charge in [0.15, 0.2) is 0 Å². The van der Waals surface area contributed by atoms with Crippen LogP contribution in [0.5, 0.6) is 0 Å². The van der Waals surface area contributed by atoms with E-state index in [0.29, 0.717) is 22.3 Å². The van der Waals surface area contributed by atoms with Crippen LogP contribution >= 0.6 is 30.8 Å². The van der Waals surface area contributed by atoms with E-state index in [1.54, 1.807) is 0 Å². The Kier molecular flexibility index (Phi) is 6.73. The molecule has 5 unspecified atom stereocenters. The minimum Gasteiger partial charge on any atom is -0.308 e. The van der Waals surface area contributed by atoms with E-state index in [1.807, 2.05) is 53.9 Å². The molecule has 4 heterocycles. The van der Waals surface area contributed by atoms with Crippen molar-refractivity contribution in [2.45, 2.75) is 32.1 Å². The van der Waals surface area contributed by atoms with Crippen LogP contribution in [0.4, 0.5) is 0 Å². The maximum absolute atomic E-state index is 16.6. The summed E-state index contributed by atoms with van der Waals surface area (Å²) in [7, 11) is -3.48. The predicted molar refractivity (Wildman–Crippen MR) is 230 cm³/mol. The van der Waals surface area contributed by atoms with E-state index in [9.17, 15) is 0 Å². The number of hydrogen-bond acceptors (Lipinski definition) is 3. The Labute approximate surface area is 321 Å². The van der Waals surface area contributed by atoms with E-state index in [1.165, 1.54) is 42.7 Å². The van der Waals surface area contributed by atoms with Crippen molar-refractivity contribution in [1.29, 1.82) is 0 Å². The third-order valence-electron chi connectivity index (χ3n) is 11.9. The number of thioether (sulfide) groups is 2. The van der Waals surface area contributed by atoms with Gasteiger partial charge in [0.25, 0.3) is 0 Å². The molecule has 0 radical (unpaired) electrons. The van der Waals surface area contributed by atoms with Crippen molar-refractivity contribution in [3.63, 3.8) is 0 Å². The molecule has 0 fully saturated rings. The third kappa shape index (κ3) is 4.21. The Morgan fingerprint density at radius 2 is 0.981 bits per heavy atom. The number of allylic oxidation sites excluding steroid dienone is 6. The van der Waals surface area contributed by atoms with Gasteiger partial charge in [0.05, 0.1) is 22.1 Å². The number of benzene rings is 6. The zero-order valence-corrected chi connectivity index (χ0v) is 31.6. The molecule has 0 saturated carbocycles. The van der Waals surface area contributed by atoms with Gasteiger partial charge in [-0.1, -0.05) is 127 Å². The van der Waals surface area contributed by atoms with Crippen molar-refractivity contribution in [1.82, 2.24) is 8.90 Å². The Hall–Kier alpha value is -5.19. The Morgan fingerprint density at radius 3 is 1.65 bits per heavy atom. The topological polar surface area (TPSA) is 26.9 Å². The summed E-state index contributed by atoms with van der Waals surface area (Å²) in [5.74, 6) is 0.690. The van der Waals surface area contributed by atoms with Crippen LogP contribution in [0, 0.1) is 0 Å². The fourth-order valence-corrected chi connectivity index (χ4v) is 15.3. The van der Waals surface area contributed by atoms with Gasteiger partial charge in [0.1, 0.15) is 0 Å². The quantitative estimate of drug-likeness (QED) is 0.168. The standard InChI is InChI=1S/C48H33N2OPS2/c51-52(31-12-2-1-3-13-31,50-42-19-9-5-15-34(42)38-27-29-40-36-17-7-11-21-44(36)54-48(40)46(38)50)32-24-22-30(23-25-32)49-41-18-8-4-14-33(41)37-26-28-39-35-16-6-10-20-43(35)53-47(39)45(37)49/h1-29,35-36,43-44H. The highest BCUT2D eigenvalue weighted by atomic mass is 32.2. The lowest BCUT2D eigenvalue weighted by molar-refractivity contribution is 0.583. The minimum absolute atomic E-state index is 0.308. The molecule has 0 bridgehead atoms. The second kappa shape index (κ2) is 11.7. The average Bonchev–Trinajstić information content (AvgIpc) is 3.99. The van der Waals surface area contributed by atoms with E-state index in [0.717, 1.165) is 38.1 Å². The van der Waals surface area contributed by atoms with Crippen LogP contribution in [0.25, 0.3) is 49.3 Å². The number of fused-ring (bicyclic) bond motifs is 14. The lowest BCUT2D eigenvalue weighted by Crippen LogP contribution is -2.22. The zero-order valence-electron chi connectivity index (χ0n) is 29.1. The zero-order chi connectivity index (χ0) is 35.5. The predicted octanol–water partition coefficient (Wildman–Crippen LogP) is 12.0. The summed E-state index contributed by atoms with van der Waals surface area (Å²) in [5.41, 5.74) is 8.30. The fraction of sp³-hybridized carbons (Fsp3) is 0.0833. The summed E-state index contributed by atoms with van der Waals surface area (Å²) in [6.07, 6.45) is 18.0. The molecule has 12 rings (SSSR count). The van der Waals surface area contributed by atoms with Gasteiger partial charge in [-0.15, -0.1) is 23.5 Å². The van der Waals surface area contributed by atoms with Gasteiger partial charge in [0, 0.05) is 70.0 Å². The summed E-state index contributed by atoms with van der Waals surface area (Å²) in [6.45, 7) is 0. The van der Waals surface area contributed by atoms with Gasteiger partial charge < -0.3 is 4.57 Å². The molecule has 2 aliphatic carbocycles. The molecule has 4 aliphatic rings. The molecule has 0 amide bonds. The van der Waals surface area contributed by atoms with Gasteiger partial charge in [-0.2, -0.15) is 0 Å². The van der Waals surface area contributed by atoms with Gasteiger partial charge in [-0.25, -0.2) is 0 Å². The maximum Gasteiger partial charge on any atom is 0.234 e. The highest BCUT2D eigenvalue weighted by molar-refractivity contribution is 8.01. The summed E-state index contributed by atoms with van der Waals surface area (Å²) < 4.78 is 21.3. The van der Waals surface area contributed by atoms with Crippen LogP contribution < -0.4 is 10.6 Å². The number of aromatic nitrogens is 2. The lowest BCUT2D eigenvalue weighted by atomic mass is 9.92. The normalized spacial score (nSPS) is 21.9. The highest BCUT2D eigenvalue weighted by Gasteiger charge is 2.39. The molecule has 6 aromatic carbocycles. The van der Waals surface area contributed by atoms with Crippen molar-refractivity contribution >= 4 is 85.0 Å². The molecule has 0 saturated heterocycles. The Morgan fingerprint density at radius 1 is 0.463 bits per heavy atom. The molecule has 2 aliphatic heterocycles. The van der Waals surface area contributed by atoms with Crippen LogP contribution in [-0.2, 0) is 4.57 Å². The molecular weight excluding hydrogens is 716 g/mol. The van der Waals surface area contributed by atoms with Crippen LogP contribution in [0.1, 0.15) is 23.0 Å². The van der Waals surface area contributed by atoms with Crippen LogP contribution in [-0.4, -0.2) is 19.4 Å². The molecule has 8 aromatic rings. The van der Waals surface area contributed by atoms with Gasteiger partial charge in [0.2, 0.25) is 7.29 Å². The van der Waals surface area contributed by atoms with E-state index in [2.05, 4.69) is 155 Å². The smallest absolute Gasteiger partial charge is 0.234 e. The molecule has 6 heteroatoms. The second-order valence-corrected chi connectivity index (χ2v) is 19.6. The van der Waals surface area contributed by atoms with Crippen molar-refractivity contribution < 1.29 is 4.57 Å². The first-order chi connectivity index (χ1) is 26.7. The molecule has 54 heavy (non-hydrogen) atoms. The largest absolute Gasteiger partial charge is 0.308 e. The summed E-state index contributed by atoms with van der Waals surface area (Å²) in [4.78, 5) is 2.60. The van der Waals surface area contributed by atoms with E-state index in [-0.39, 0.29) is 0 Å².